The third-order valence-electron chi connectivity index (χ3n) is 2.96. The quantitative estimate of drug-likeness (QED) is 0.760. The van der Waals surface area contributed by atoms with E-state index in [0.29, 0.717) is 22.1 Å². The minimum absolute atomic E-state index is 0.0753. The van der Waals surface area contributed by atoms with E-state index in [2.05, 4.69) is 28.2 Å². The summed E-state index contributed by atoms with van der Waals surface area (Å²) in [6.07, 6.45) is 3.01. The fourth-order valence-corrected chi connectivity index (χ4v) is 2.90. The molecule has 7 heteroatoms. The molecule has 0 unspecified atom stereocenters. The van der Waals surface area contributed by atoms with Crippen LogP contribution in [-0.2, 0) is 10.0 Å². The monoisotopic (exact) mass is 362 g/mol. The van der Waals surface area contributed by atoms with Crippen LogP contribution in [0.15, 0.2) is 21.5 Å². The molecule has 0 spiro atoms. The first-order valence-corrected chi connectivity index (χ1v) is 8.72. The van der Waals surface area contributed by atoms with Gasteiger partial charge in [-0.05, 0) is 31.0 Å². The van der Waals surface area contributed by atoms with Gasteiger partial charge in [-0.15, -0.1) is 0 Å². The molecule has 0 radical (unpaired) electrons. The fraction of sp³-hybridized carbons (Fsp3) is 0.462. The van der Waals surface area contributed by atoms with Gasteiger partial charge in [0.2, 0.25) is 10.0 Å². The Hall–Kier alpha value is -0.920. The molecule has 0 saturated heterocycles. The van der Waals surface area contributed by atoms with Gasteiger partial charge < -0.3 is 5.32 Å². The molecule has 0 heterocycles. The highest BCUT2D eigenvalue weighted by atomic mass is 79.9. The summed E-state index contributed by atoms with van der Waals surface area (Å²) in [5.41, 5.74) is 1.00. The van der Waals surface area contributed by atoms with Crippen LogP contribution in [0, 0.1) is 6.92 Å². The predicted molar refractivity (Wildman–Crippen MR) is 82.1 cm³/mol. The molecule has 0 fully saturated rings. The largest absolute Gasteiger partial charge is 0.352 e. The summed E-state index contributed by atoms with van der Waals surface area (Å²) in [7, 11) is -3.84. The Balaban J connectivity index is 2.99. The molecule has 112 valence electrons. The molecule has 1 aromatic carbocycles. The van der Waals surface area contributed by atoms with Crippen molar-refractivity contribution >= 4 is 31.9 Å². The van der Waals surface area contributed by atoms with Crippen molar-refractivity contribution in [3.63, 3.8) is 0 Å². The van der Waals surface area contributed by atoms with Gasteiger partial charge in [0.15, 0.2) is 0 Å². The van der Waals surface area contributed by atoms with Gasteiger partial charge >= 0.3 is 0 Å². The third kappa shape index (κ3) is 4.57. The summed E-state index contributed by atoms with van der Waals surface area (Å²) in [6, 6.07) is 2.71. The van der Waals surface area contributed by atoms with Crippen LogP contribution in [-0.4, -0.2) is 20.9 Å². The number of benzene rings is 1. The van der Waals surface area contributed by atoms with E-state index in [1.807, 2.05) is 0 Å². The van der Waals surface area contributed by atoms with Crippen molar-refractivity contribution in [1.82, 2.24) is 5.32 Å². The minimum Gasteiger partial charge on any atom is -0.352 e. The van der Waals surface area contributed by atoms with Gasteiger partial charge in [0.25, 0.3) is 5.91 Å². The Morgan fingerprint density at radius 2 is 2.00 bits per heavy atom. The molecule has 1 aromatic rings. The van der Waals surface area contributed by atoms with Crippen molar-refractivity contribution in [1.29, 1.82) is 0 Å². The first-order valence-electron chi connectivity index (χ1n) is 6.38. The predicted octanol–water partition coefficient (Wildman–Crippen LogP) is 2.32. The highest BCUT2D eigenvalue weighted by Gasteiger charge is 2.17. The summed E-state index contributed by atoms with van der Waals surface area (Å²) in [6.45, 7) is 4.40. The molecule has 0 saturated carbocycles. The number of halogens is 1. The number of nitrogens with two attached hydrogens (primary N) is 1. The molecule has 1 amide bonds. The minimum atomic E-state index is -3.84. The average molecular weight is 363 g/mol. The van der Waals surface area contributed by atoms with Crippen LogP contribution in [0.2, 0.25) is 0 Å². The van der Waals surface area contributed by atoms with E-state index in [0.717, 1.165) is 19.3 Å². The van der Waals surface area contributed by atoms with Gasteiger partial charge in [-0.3, -0.25) is 4.79 Å². The highest BCUT2D eigenvalue weighted by Crippen LogP contribution is 2.24. The zero-order valence-corrected chi connectivity index (χ0v) is 14.0. The normalized spacial score (nSPS) is 11.4. The number of rotatable bonds is 6. The molecule has 20 heavy (non-hydrogen) atoms. The topological polar surface area (TPSA) is 89.3 Å². The average Bonchev–Trinajstić information content (AvgIpc) is 2.36. The van der Waals surface area contributed by atoms with E-state index in [9.17, 15) is 13.2 Å². The molecule has 0 atom stereocenters. The summed E-state index contributed by atoms with van der Waals surface area (Å²) >= 11 is 3.25. The van der Waals surface area contributed by atoms with Gasteiger partial charge in [-0.1, -0.05) is 35.7 Å². The van der Waals surface area contributed by atoms with Gasteiger partial charge in [-0.25, -0.2) is 13.6 Å². The lowest BCUT2D eigenvalue weighted by Gasteiger charge is -2.11. The number of amides is 1. The second-order valence-corrected chi connectivity index (χ2v) is 7.00. The molecular weight excluding hydrogens is 344 g/mol. The SMILES string of the molecule is CCCCCNC(=O)c1cc(S(N)(=O)=O)cc(Br)c1C. The van der Waals surface area contributed by atoms with Crippen LogP contribution in [0.1, 0.15) is 42.1 Å². The van der Waals surface area contributed by atoms with E-state index in [1.165, 1.54) is 12.1 Å². The van der Waals surface area contributed by atoms with Crippen LogP contribution in [0.4, 0.5) is 0 Å². The van der Waals surface area contributed by atoms with Gasteiger partial charge in [0.1, 0.15) is 0 Å². The number of hydrogen-bond donors (Lipinski definition) is 2. The highest BCUT2D eigenvalue weighted by molar-refractivity contribution is 9.10. The van der Waals surface area contributed by atoms with Crippen LogP contribution < -0.4 is 10.5 Å². The lowest BCUT2D eigenvalue weighted by Crippen LogP contribution is -2.26. The number of hydrogen-bond acceptors (Lipinski definition) is 3. The maximum absolute atomic E-state index is 12.1. The van der Waals surface area contributed by atoms with E-state index < -0.39 is 10.0 Å². The molecule has 0 bridgehead atoms. The Labute approximate surface area is 128 Å². The Bertz CT molecular complexity index is 600. The number of unbranched alkanes of at least 4 members (excludes halogenated alkanes) is 2. The second kappa shape index (κ2) is 7.19. The van der Waals surface area contributed by atoms with Gasteiger partial charge in [0, 0.05) is 16.6 Å². The molecule has 0 aromatic heterocycles. The summed E-state index contributed by atoms with van der Waals surface area (Å²) in [5, 5.41) is 7.89. The number of nitrogens with one attached hydrogen (secondary N) is 1. The third-order valence-corrected chi connectivity index (χ3v) is 4.67. The lowest BCUT2D eigenvalue weighted by molar-refractivity contribution is 0.0952. The van der Waals surface area contributed by atoms with Crippen molar-refractivity contribution in [2.45, 2.75) is 38.0 Å². The molecule has 1 rings (SSSR count). The second-order valence-electron chi connectivity index (χ2n) is 4.59. The first-order chi connectivity index (χ1) is 9.27. The molecule has 0 aliphatic carbocycles. The van der Waals surface area contributed by atoms with E-state index in [4.69, 9.17) is 5.14 Å². The summed E-state index contributed by atoms with van der Waals surface area (Å²) in [4.78, 5) is 12.0. The molecular formula is C13H19BrN2O3S. The number of carbonyl (C=O) groups is 1. The molecule has 0 aliphatic heterocycles. The van der Waals surface area contributed by atoms with Crippen LogP contribution in [0.5, 0.6) is 0 Å². The molecule has 0 aliphatic rings. The molecule has 5 nitrogen and oxygen atoms in total. The smallest absolute Gasteiger partial charge is 0.251 e. The summed E-state index contributed by atoms with van der Waals surface area (Å²) in [5.74, 6) is -0.287. The van der Waals surface area contributed by atoms with Gasteiger partial charge in [-0.2, -0.15) is 0 Å². The Morgan fingerprint density at radius 3 is 2.55 bits per heavy atom. The number of primary sulfonamides is 1. The van der Waals surface area contributed by atoms with E-state index >= 15 is 0 Å². The summed E-state index contributed by atoms with van der Waals surface area (Å²) < 4.78 is 23.3. The van der Waals surface area contributed by atoms with E-state index in [-0.39, 0.29) is 10.8 Å². The first kappa shape index (κ1) is 17.1. The van der Waals surface area contributed by atoms with Crippen LogP contribution in [0.25, 0.3) is 0 Å². The van der Waals surface area contributed by atoms with Gasteiger partial charge in [0.05, 0.1) is 4.90 Å². The maximum atomic E-state index is 12.1. The van der Waals surface area contributed by atoms with Crippen LogP contribution in [0.3, 0.4) is 0 Å². The Morgan fingerprint density at radius 1 is 1.35 bits per heavy atom. The van der Waals surface area contributed by atoms with Crippen LogP contribution >= 0.6 is 15.9 Å². The van der Waals surface area contributed by atoms with E-state index in [1.54, 1.807) is 6.92 Å². The maximum Gasteiger partial charge on any atom is 0.251 e. The Kier molecular flexibility index (Phi) is 6.16. The van der Waals surface area contributed by atoms with Crippen molar-refractivity contribution in [2.75, 3.05) is 6.54 Å². The lowest BCUT2D eigenvalue weighted by atomic mass is 10.1. The van der Waals surface area contributed by atoms with Crippen molar-refractivity contribution in [3.05, 3.63) is 27.7 Å². The standard InChI is InChI=1S/C13H19BrN2O3S/c1-3-4-5-6-16-13(17)11-7-10(20(15,18)19)8-12(14)9(11)2/h7-8H,3-6H2,1-2H3,(H,16,17)(H2,15,18,19). The fourth-order valence-electron chi connectivity index (χ4n) is 1.73. The van der Waals surface area contributed by atoms with Crippen molar-refractivity contribution < 1.29 is 13.2 Å². The zero-order valence-electron chi connectivity index (χ0n) is 11.6. The molecule has 3 N–H and O–H groups in total. The number of carbonyl (C=O) groups excluding carboxylic acids is 1. The van der Waals surface area contributed by atoms with Crippen molar-refractivity contribution in [2.24, 2.45) is 5.14 Å². The number of sulfonamides is 1. The van der Waals surface area contributed by atoms with Crippen molar-refractivity contribution in [3.8, 4) is 0 Å². The zero-order chi connectivity index (χ0) is 15.3.